The number of aliphatic carboxylic acids is 3. The Kier molecular flexibility index (Phi) is 33.3. The summed E-state index contributed by atoms with van der Waals surface area (Å²) in [5.74, 6) is -6.56. The molecule has 0 saturated heterocycles. The topological polar surface area (TPSA) is 191 Å². The molecule has 0 aliphatic rings. The van der Waals surface area contributed by atoms with Gasteiger partial charge in [-0.2, -0.15) is 0 Å². The van der Waals surface area contributed by atoms with Crippen LogP contribution < -0.4 is 13.3 Å². The molecule has 0 aliphatic carbocycles. The van der Waals surface area contributed by atoms with E-state index in [-0.39, 0.29) is 12.0 Å². The normalized spacial score (nSPS) is 9.84. The zero-order valence-corrected chi connectivity index (χ0v) is 27.3. The molecular formula is C15H18I5O12-. The SMILES string of the molecule is COC(=O)C=C(CC(=O)OC)C(=O)OC.II.I[I-]I.O=C(O)C=C(CC(=O)O)C(=O)O. The molecule has 3 N–H and O–H groups in total. The number of halogens is 5. The smallest absolute Gasteiger partial charge is 0.332 e. The summed E-state index contributed by atoms with van der Waals surface area (Å²) in [6, 6.07) is 0. The number of carbonyl (C=O) groups excluding carboxylic acids is 3. The molecule has 32 heavy (non-hydrogen) atoms. The van der Waals surface area contributed by atoms with Crippen molar-refractivity contribution in [3.05, 3.63) is 23.3 Å². The third-order valence-corrected chi connectivity index (χ3v) is 2.42. The van der Waals surface area contributed by atoms with Gasteiger partial charge in [0.15, 0.2) is 0 Å². The first-order valence-electron chi connectivity index (χ1n) is 7.23. The Labute approximate surface area is 236 Å². The molecule has 0 heterocycles. The summed E-state index contributed by atoms with van der Waals surface area (Å²) in [5.41, 5.74) is -0.772. The quantitative estimate of drug-likeness (QED) is 0.127. The van der Waals surface area contributed by atoms with Crippen LogP contribution in [-0.2, 0) is 43.0 Å². The summed E-state index contributed by atoms with van der Waals surface area (Å²) in [5, 5.41) is 24.5. The largest absolute Gasteiger partial charge is 0.481 e. The summed E-state index contributed by atoms with van der Waals surface area (Å²) in [7, 11) is 3.48. The Morgan fingerprint density at radius 2 is 1.25 bits per heavy atom. The number of carboxylic acid groups (broad SMARTS) is 3. The van der Waals surface area contributed by atoms with E-state index in [1.807, 2.05) is 0 Å². The minimum absolute atomic E-state index is 0.115. The monoisotopic (exact) mass is 1020 g/mol. The third-order valence-electron chi connectivity index (χ3n) is 2.42. The Hall–Kier alpha value is -0.0500. The minimum Gasteiger partial charge on any atom is -0.481 e. The number of carboxylic acids is 3. The van der Waals surface area contributed by atoms with Crippen molar-refractivity contribution < 1.29 is 71.6 Å². The molecule has 0 rings (SSSR count). The number of rotatable bonds is 8. The first kappa shape index (κ1) is 39.2. The first-order chi connectivity index (χ1) is 14.9. The molecule has 0 aromatic rings. The predicted molar refractivity (Wildman–Crippen MR) is 140 cm³/mol. The van der Waals surface area contributed by atoms with Crippen LogP contribution in [0.4, 0.5) is 0 Å². The van der Waals surface area contributed by atoms with Crippen LogP contribution in [0.5, 0.6) is 0 Å². The van der Waals surface area contributed by atoms with E-state index in [0.717, 1.165) is 20.3 Å². The van der Waals surface area contributed by atoms with Gasteiger partial charge in [-0.3, -0.25) is 9.59 Å². The van der Waals surface area contributed by atoms with Gasteiger partial charge in [0, 0.05) is 49.4 Å². The van der Waals surface area contributed by atoms with Gasteiger partial charge in [0.2, 0.25) is 0 Å². The average Bonchev–Trinajstić information content (AvgIpc) is 2.73. The van der Waals surface area contributed by atoms with Crippen LogP contribution in [0.25, 0.3) is 0 Å². The van der Waals surface area contributed by atoms with Gasteiger partial charge in [-0.05, 0) is 0 Å². The molecule has 17 heteroatoms. The molecule has 0 bridgehead atoms. The van der Waals surface area contributed by atoms with Gasteiger partial charge in [0.05, 0.1) is 45.3 Å². The second-order valence-corrected chi connectivity index (χ2v) is 20.6. The van der Waals surface area contributed by atoms with Crippen molar-refractivity contribution in [3.63, 3.8) is 0 Å². The van der Waals surface area contributed by atoms with Crippen LogP contribution in [0.1, 0.15) is 12.8 Å². The predicted octanol–water partition coefficient (Wildman–Crippen LogP) is -0.0746. The second kappa shape index (κ2) is 27.2. The zero-order chi connectivity index (χ0) is 26.3. The minimum atomic E-state index is -1.54. The summed E-state index contributed by atoms with van der Waals surface area (Å²) >= 11 is 9.54. The molecular weight excluding hydrogens is 1010 g/mol. The zero-order valence-electron chi connectivity index (χ0n) is 16.5. The fourth-order valence-corrected chi connectivity index (χ4v) is 1.24. The van der Waals surface area contributed by atoms with Crippen LogP contribution in [0.2, 0.25) is 0 Å². The van der Waals surface area contributed by atoms with Gasteiger partial charge < -0.3 is 29.5 Å². The summed E-state index contributed by atoms with van der Waals surface area (Å²) in [6.07, 6.45) is 0.110. The maximum absolute atomic E-state index is 11.1. The molecule has 12 nitrogen and oxygen atoms in total. The van der Waals surface area contributed by atoms with Crippen LogP contribution in [0.15, 0.2) is 23.3 Å². The molecule has 0 radical (unpaired) electrons. The molecule has 0 saturated carbocycles. The number of ether oxygens (including phenoxy) is 3. The van der Waals surface area contributed by atoms with Crippen molar-refractivity contribution in [3.8, 4) is 0 Å². The standard InChI is InChI=1S/C9H12O6.C6H6O6.I3.I2/c1-13-7(10)4-6(9(12)15-3)5-8(11)14-2;7-4(8)1-3(6(11)12)2-5(9)10;1-3-2;1-2/h4H,5H2,1-3H3;1H,2H2,(H,7,8)(H,9,10)(H,11,12);;/q;;-1;. The molecule has 186 valence electrons. The molecule has 0 fully saturated rings. The van der Waals surface area contributed by atoms with E-state index in [2.05, 4.69) is 88.7 Å². The first-order valence-corrected chi connectivity index (χ1v) is 26.1. The number of hydrogen-bond donors (Lipinski definition) is 3. The maximum atomic E-state index is 11.1. The Bertz CT molecular complexity index is 690. The molecule has 0 unspecified atom stereocenters. The van der Waals surface area contributed by atoms with Crippen molar-refractivity contribution in [1.82, 2.24) is 0 Å². The van der Waals surface area contributed by atoms with E-state index in [1.165, 1.54) is 7.11 Å². The van der Waals surface area contributed by atoms with Gasteiger partial charge in [-0.1, -0.05) is 0 Å². The van der Waals surface area contributed by atoms with Crippen molar-refractivity contribution in [2.24, 2.45) is 0 Å². The van der Waals surface area contributed by atoms with Crippen LogP contribution in [0.3, 0.4) is 0 Å². The number of hydrogen-bond acceptors (Lipinski definition) is 9. The van der Waals surface area contributed by atoms with E-state index in [0.29, 0.717) is 19.3 Å². The molecule has 0 atom stereocenters. The molecule has 0 aliphatic heterocycles. The van der Waals surface area contributed by atoms with Crippen LogP contribution in [-0.4, -0.2) is 72.5 Å². The number of esters is 3. The fourth-order valence-electron chi connectivity index (χ4n) is 1.24. The van der Waals surface area contributed by atoms with E-state index < -0.39 is 47.8 Å². The van der Waals surface area contributed by atoms with Gasteiger partial charge >= 0.3 is 86.3 Å². The number of carbonyl (C=O) groups is 6. The van der Waals surface area contributed by atoms with Crippen molar-refractivity contribution in [2.45, 2.75) is 12.8 Å². The Morgan fingerprint density at radius 1 is 0.781 bits per heavy atom. The van der Waals surface area contributed by atoms with E-state index in [9.17, 15) is 28.8 Å². The summed E-state index contributed by atoms with van der Waals surface area (Å²) < 4.78 is 13.0. The van der Waals surface area contributed by atoms with E-state index >= 15 is 0 Å². The van der Waals surface area contributed by atoms with Crippen LogP contribution >= 0.6 is 74.5 Å². The van der Waals surface area contributed by atoms with Crippen LogP contribution in [0, 0.1) is 0 Å². The Balaban J connectivity index is -0.000000207. The Morgan fingerprint density at radius 3 is 1.53 bits per heavy atom. The molecule has 0 aromatic heterocycles. The second-order valence-electron chi connectivity index (χ2n) is 4.37. The van der Waals surface area contributed by atoms with Crippen molar-refractivity contribution in [1.29, 1.82) is 0 Å². The fraction of sp³-hybridized carbons (Fsp3) is 0.333. The van der Waals surface area contributed by atoms with Gasteiger partial charge in [0.1, 0.15) is 0 Å². The van der Waals surface area contributed by atoms with E-state index in [4.69, 9.17) is 15.3 Å². The van der Waals surface area contributed by atoms with Gasteiger partial charge in [-0.25, -0.2) is 19.2 Å². The van der Waals surface area contributed by atoms with Crippen molar-refractivity contribution in [2.75, 3.05) is 21.3 Å². The third kappa shape index (κ3) is 28.0. The van der Waals surface area contributed by atoms with E-state index in [1.54, 1.807) is 0 Å². The number of methoxy groups -OCH3 is 3. The summed E-state index contributed by atoms with van der Waals surface area (Å²) in [6.45, 7) is 0. The summed E-state index contributed by atoms with van der Waals surface area (Å²) in [4.78, 5) is 63.0. The maximum Gasteiger partial charge on any atom is 0.332 e. The molecule has 0 spiro atoms. The average molecular weight is 1020 g/mol. The van der Waals surface area contributed by atoms with Gasteiger partial charge in [0.25, 0.3) is 0 Å². The molecule has 0 aromatic carbocycles. The van der Waals surface area contributed by atoms with Crippen molar-refractivity contribution >= 4 is 110 Å². The van der Waals surface area contributed by atoms with Gasteiger partial charge in [-0.15, -0.1) is 0 Å². The molecule has 0 amide bonds.